The van der Waals surface area contributed by atoms with Crippen LogP contribution in [0.5, 0.6) is 0 Å². The van der Waals surface area contributed by atoms with Crippen LogP contribution in [0.2, 0.25) is 0 Å². The fourth-order valence-electron chi connectivity index (χ4n) is 2.44. The molecule has 2 heterocycles. The molecule has 1 aliphatic heterocycles. The zero-order valence-corrected chi connectivity index (χ0v) is 9.67. The molecule has 0 aliphatic carbocycles. The molecule has 1 fully saturated rings. The smallest absolute Gasteiger partial charge is 0.107 e. The predicted octanol–water partition coefficient (Wildman–Crippen LogP) is 2.25. The first-order valence-corrected chi connectivity index (χ1v) is 5.48. The number of rotatable bonds is 1. The molecule has 2 N–H and O–H groups in total. The van der Waals surface area contributed by atoms with Crippen LogP contribution in [-0.2, 0) is 10.3 Å². The fraction of sp³-hybridized carbons (Fsp3) is 0.667. The van der Waals surface area contributed by atoms with Gasteiger partial charge in [-0.15, -0.1) is 0 Å². The van der Waals surface area contributed by atoms with E-state index in [1.165, 1.54) is 0 Å². The summed E-state index contributed by atoms with van der Waals surface area (Å²) in [5, 5.41) is 0. The van der Waals surface area contributed by atoms with Gasteiger partial charge in [-0.3, -0.25) is 0 Å². The largest absolute Gasteiger partial charge is 0.466 e. The number of ether oxygens (including phenoxy) is 1. The molecule has 84 valence electrons. The number of furan rings is 1. The fourth-order valence-corrected chi connectivity index (χ4v) is 2.44. The van der Waals surface area contributed by atoms with E-state index in [1.807, 2.05) is 13.8 Å². The zero-order chi connectivity index (χ0) is 11.1. The van der Waals surface area contributed by atoms with Gasteiger partial charge in [0, 0.05) is 18.2 Å². The molecule has 1 aromatic rings. The summed E-state index contributed by atoms with van der Waals surface area (Å²) in [5.41, 5.74) is 6.88. The van der Waals surface area contributed by atoms with Crippen molar-refractivity contribution < 1.29 is 9.15 Å². The van der Waals surface area contributed by atoms with Gasteiger partial charge in [0.25, 0.3) is 0 Å². The van der Waals surface area contributed by atoms with Gasteiger partial charge in [-0.2, -0.15) is 0 Å². The Kier molecular flexibility index (Phi) is 2.61. The third kappa shape index (κ3) is 1.94. The van der Waals surface area contributed by atoms with E-state index in [2.05, 4.69) is 13.0 Å². The van der Waals surface area contributed by atoms with Crippen LogP contribution < -0.4 is 5.73 Å². The van der Waals surface area contributed by atoms with Crippen LogP contribution in [-0.4, -0.2) is 12.6 Å². The summed E-state index contributed by atoms with van der Waals surface area (Å²) < 4.78 is 11.4. The molecule has 0 amide bonds. The van der Waals surface area contributed by atoms with E-state index in [9.17, 15) is 0 Å². The average Bonchev–Trinajstić information content (AvgIpc) is 2.45. The highest BCUT2D eigenvalue weighted by Crippen LogP contribution is 2.37. The molecule has 1 saturated heterocycles. The maximum absolute atomic E-state index is 5.99. The lowest BCUT2D eigenvalue weighted by Gasteiger charge is -2.36. The molecule has 2 unspecified atom stereocenters. The van der Waals surface area contributed by atoms with Gasteiger partial charge < -0.3 is 14.9 Å². The average molecular weight is 209 g/mol. The van der Waals surface area contributed by atoms with Crippen LogP contribution in [0.25, 0.3) is 0 Å². The predicted molar refractivity (Wildman–Crippen MR) is 58.7 cm³/mol. The number of nitrogens with two attached hydrogens (primary N) is 1. The van der Waals surface area contributed by atoms with Crippen LogP contribution in [0, 0.1) is 13.8 Å². The van der Waals surface area contributed by atoms with Gasteiger partial charge in [0.05, 0.1) is 5.60 Å². The topological polar surface area (TPSA) is 48.4 Å². The molecule has 2 rings (SSSR count). The lowest BCUT2D eigenvalue weighted by atomic mass is 9.86. The molecule has 0 spiro atoms. The Hall–Kier alpha value is -0.800. The van der Waals surface area contributed by atoms with Crippen molar-refractivity contribution in [2.75, 3.05) is 6.61 Å². The van der Waals surface area contributed by atoms with E-state index in [0.29, 0.717) is 0 Å². The van der Waals surface area contributed by atoms with E-state index in [-0.39, 0.29) is 11.6 Å². The van der Waals surface area contributed by atoms with Crippen molar-refractivity contribution in [3.05, 3.63) is 23.2 Å². The molecule has 0 saturated carbocycles. The maximum atomic E-state index is 5.99. The zero-order valence-electron chi connectivity index (χ0n) is 9.67. The lowest BCUT2D eigenvalue weighted by Crippen LogP contribution is -2.41. The summed E-state index contributed by atoms with van der Waals surface area (Å²) in [6, 6.07) is 2.30. The Morgan fingerprint density at radius 3 is 2.73 bits per heavy atom. The van der Waals surface area contributed by atoms with E-state index in [4.69, 9.17) is 14.9 Å². The van der Waals surface area contributed by atoms with E-state index >= 15 is 0 Å². The minimum atomic E-state index is -0.264. The first kappa shape index (κ1) is 10.7. The second-order valence-electron chi connectivity index (χ2n) is 4.66. The summed E-state index contributed by atoms with van der Waals surface area (Å²) in [5.74, 6) is 1.88. The quantitative estimate of drug-likeness (QED) is 0.771. The molecule has 3 nitrogen and oxygen atoms in total. The highest BCUT2D eigenvalue weighted by Gasteiger charge is 2.36. The minimum Gasteiger partial charge on any atom is -0.466 e. The van der Waals surface area contributed by atoms with Crippen molar-refractivity contribution in [1.29, 1.82) is 0 Å². The van der Waals surface area contributed by atoms with Crippen molar-refractivity contribution in [2.45, 2.75) is 45.3 Å². The van der Waals surface area contributed by atoms with Crippen molar-refractivity contribution in [1.82, 2.24) is 0 Å². The molecular weight excluding hydrogens is 190 g/mol. The minimum absolute atomic E-state index is 0.235. The van der Waals surface area contributed by atoms with Gasteiger partial charge in [0.2, 0.25) is 0 Å². The Morgan fingerprint density at radius 2 is 2.20 bits per heavy atom. The van der Waals surface area contributed by atoms with Crippen LogP contribution in [0.3, 0.4) is 0 Å². The molecule has 3 heteroatoms. The summed E-state index contributed by atoms with van der Waals surface area (Å²) in [4.78, 5) is 0. The molecule has 0 aromatic carbocycles. The summed E-state index contributed by atoms with van der Waals surface area (Å²) in [6.07, 6.45) is 1.82. The van der Waals surface area contributed by atoms with Gasteiger partial charge in [-0.25, -0.2) is 0 Å². The van der Waals surface area contributed by atoms with Crippen molar-refractivity contribution in [3.63, 3.8) is 0 Å². The Bertz CT molecular complexity index is 359. The molecular formula is C12H19NO2. The normalized spacial score (nSPS) is 31.9. The standard InChI is InChI=1S/C12H19NO2/c1-8-6-11(9(2)15-8)12(3)7-10(13)4-5-14-12/h6,10H,4-5,7,13H2,1-3H3. The maximum Gasteiger partial charge on any atom is 0.107 e. The van der Waals surface area contributed by atoms with Crippen LogP contribution >= 0.6 is 0 Å². The van der Waals surface area contributed by atoms with E-state index < -0.39 is 0 Å². The highest BCUT2D eigenvalue weighted by atomic mass is 16.5. The number of hydrogen-bond acceptors (Lipinski definition) is 3. The molecule has 0 radical (unpaired) electrons. The van der Waals surface area contributed by atoms with Crippen LogP contribution in [0.1, 0.15) is 36.8 Å². The van der Waals surface area contributed by atoms with E-state index in [0.717, 1.165) is 36.5 Å². The first-order chi connectivity index (χ1) is 7.01. The van der Waals surface area contributed by atoms with Gasteiger partial charge in [-0.05, 0) is 39.7 Å². The third-order valence-electron chi connectivity index (χ3n) is 3.17. The molecule has 2 atom stereocenters. The van der Waals surface area contributed by atoms with Gasteiger partial charge in [-0.1, -0.05) is 0 Å². The second-order valence-corrected chi connectivity index (χ2v) is 4.66. The Morgan fingerprint density at radius 1 is 1.47 bits per heavy atom. The van der Waals surface area contributed by atoms with Crippen LogP contribution in [0.15, 0.2) is 10.5 Å². The Balaban J connectivity index is 2.31. The van der Waals surface area contributed by atoms with Crippen molar-refractivity contribution in [2.24, 2.45) is 5.73 Å². The van der Waals surface area contributed by atoms with Crippen molar-refractivity contribution >= 4 is 0 Å². The third-order valence-corrected chi connectivity index (χ3v) is 3.17. The second kappa shape index (κ2) is 3.65. The highest BCUT2D eigenvalue weighted by molar-refractivity contribution is 5.27. The molecule has 1 aromatic heterocycles. The SMILES string of the molecule is Cc1cc(C2(C)CC(N)CCO2)c(C)o1. The Labute approximate surface area is 90.6 Å². The summed E-state index contributed by atoms with van der Waals surface area (Å²) >= 11 is 0. The molecule has 1 aliphatic rings. The lowest BCUT2D eigenvalue weighted by molar-refractivity contribution is -0.0773. The summed E-state index contributed by atoms with van der Waals surface area (Å²) in [7, 11) is 0. The first-order valence-electron chi connectivity index (χ1n) is 5.48. The van der Waals surface area contributed by atoms with Crippen molar-refractivity contribution in [3.8, 4) is 0 Å². The van der Waals surface area contributed by atoms with Gasteiger partial charge >= 0.3 is 0 Å². The van der Waals surface area contributed by atoms with Gasteiger partial charge in [0.1, 0.15) is 11.5 Å². The monoisotopic (exact) mass is 209 g/mol. The molecule has 15 heavy (non-hydrogen) atoms. The number of aryl methyl sites for hydroxylation is 2. The van der Waals surface area contributed by atoms with E-state index in [1.54, 1.807) is 0 Å². The van der Waals surface area contributed by atoms with Crippen LogP contribution in [0.4, 0.5) is 0 Å². The van der Waals surface area contributed by atoms with Gasteiger partial charge in [0.15, 0.2) is 0 Å². The number of hydrogen-bond donors (Lipinski definition) is 1. The summed E-state index contributed by atoms with van der Waals surface area (Å²) in [6.45, 7) is 6.78. The molecule has 0 bridgehead atoms.